The Morgan fingerprint density at radius 1 is 1.39 bits per heavy atom. The number of imidazole rings is 1. The van der Waals surface area contributed by atoms with E-state index >= 15 is 0 Å². The number of nitrogens with one attached hydrogen (secondary N) is 2. The van der Waals surface area contributed by atoms with E-state index in [1.54, 1.807) is 18.5 Å². The van der Waals surface area contributed by atoms with Crippen molar-refractivity contribution in [1.82, 2.24) is 14.1 Å². The first kappa shape index (κ1) is 14.4. The maximum atomic E-state index is 12.4. The maximum Gasteiger partial charge on any atom is 0.240 e. The topological polar surface area (TPSA) is 92.6 Å². The van der Waals surface area contributed by atoms with Crippen LogP contribution >= 0.6 is 11.3 Å². The zero-order valence-electron chi connectivity index (χ0n) is 11.8. The molecule has 3 aromatic rings. The van der Waals surface area contributed by atoms with Crippen LogP contribution in [0, 0.1) is 0 Å². The molecular formula is C14H12N4O3S2. The molecule has 3 heterocycles. The molecule has 0 saturated heterocycles. The van der Waals surface area contributed by atoms with Gasteiger partial charge in [0.15, 0.2) is 4.96 Å². The van der Waals surface area contributed by atoms with Crippen molar-refractivity contribution in [3.63, 3.8) is 0 Å². The highest BCUT2D eigenvalue weighted by Gasteiger charge is 2.22. The smallest absolute Gasteiger partial charge is 0.240 e. The number of carbonyl (C=O) groups excluding carboxylic acids is 1. The zero-order valence-corrected chi connectivity index (χ0v) is 13.4. The molecule has 0 saturated carbocycles. The lowest BCUT2D eigenvalue weighted by molar-refractivity contribution is -0.115. The van der Waals surface area contributed by atoms with Gasteiger partial charge < -0.3 is 5.32 Å². The lowest BCUT2D eigenvalue weighted by Gasteiger charge is -2.08. The Bertz CT molecular complexity index is 1020. The van der Waals surface area contributed by atoms with Gasteiger partial charge in [-0.2, -0.15) is 0 Å². The number of rotatable bonds is 4. The van der Waals surface area contributed by atoms with Crippen LogP contribution in [-0.4, -0.2) is 23.7 Å². The number of sulfonamides is 1. The summed E-state index contributed by atoms with van der Waals surface area (Å²) in [4.78, 5) is 16.5. The Hall–Kier alpha value is -2.23. The summed E-state index contributed by atoms with van der Waals surface area (Å²) in [6.45, 7) is 0.174. The summed E-state index contributed by atoms with van der Waals surface area (Å²) in [6.07, 6.45) is 3.68. The van der Waals surface area contributed by atoms with E-state index in [1.165, 1.54) is 23.5 Å². The third-order valence-electron chi connectivity index (χ3n) is 3.67. The summed E-state index contributed by atoms with van der Waals surface area (Å²) < 4.78 is 29.3. The lowest BCUT2D eigenvalue weighted by Crippen LogP contribution is -2.23. The Balaban J connectivity index is 1.58. The minimum absolute atomic E-state index is 0.122. The third-order valence-corrected chi connectivity index (χ3v) is 5.97. The number of fused-ring (bicyclic) bond motifs is 2. The van der Waals surface area contributed by atoms with Gasteiger partial charge in [0.25, 0.3) is 0 Å². The van der Waals surface area contributed by atoms with Gasteiger partial charge in [0.2, 0.25) is 15.9 Å². The van der Waals surface area contributed by atoms with Crippen LogP contribution in [-0.2, 0) is 27.8 Å². The number of hydrogen-bond acceptors (Lipinski definition) is 5. The minimum Gasteiger partial charge on any atom is -0.326 e. The number of anilines is 1. The minimum atomic E-state index is -3.65. The molecule has 1 aliphatic rings. The molecule has 7 nitrogen and oxygen atoms in total. The number of thiazole rings is 1. The molecule has 0 aliphatic carbocycles. The molecule has 118 valence electrons. The Morgan fingerprint density at radius 2 is 2.26 bits per heavy atom. The van der Waals surface area contributed by atoms with Gasteiger partial charge >= 0.3 is 0 Å². The first-order chi connectivity index (χ1) is 11.0. The molecule has 2 aromatic heterocycles. The number of carbonyl (C=O) groups is 1. The summed E-state index contributed by atoms with van der Waals surface area (Å²) in [6, 6.07) is 4.65. The van der Waals surface area contributed by atoms with Gasteiger partial charge in [0.05, 0.1) is 17.9 Å². The van der Waals surface area contributed by atoms with Gasteiger partial charge in [-0.25, -0.2) is 18.1 Å². The molecule has 0 spiro atoms. The quantitative estimate of drug-likeness (QED) is 0.745. The Labute approximate surface area is 136 Å². The van der Waals surface area contributed by atoms with Crippen LogP contribution in [0.1, 0.15) is 11.3 Å². The highest BCUT2D eigenvalue weighted by molar-refractivity contribution is 7.89. The van der Waals surface area contributed by atoms with Gasteiger partial charge in [-0.1, -0.05) is 0 Å². The largest absolute Gasteiger partial charge is 0.326 e. The fraction of sp³-hybridized carbons (Fsp3) is 0.143. The normalized spacial score (nSPS) is 14.2. The van der Waals surface area contributed by atoms with Gasteiger partial charge in [-0.05, 0) is 23.8 Å². The van der Waals surface area contributed by atoms with Crippen LogP contribution in [0.4, 0.5) is 5.69 Å². The van der Waals surface area contributed by atoms with Crippen LogP contribution in [0.3, 0.4) is 0 Å². The zero-order chi connectivity index (χ0) is 16.0. The standard InChI is InChI=1S/C14H12N4O3S2/c19-13-6-9-5-11(1-2-12(9)17-13)23(20,21)16-7-10-8-22-14-15-3-4-18(10)14/h1-5,8,16H,6-7H2,(H,17,19). The summed E-state index contributed by atoms with van der Waals surface area (Å²) in [5.74, 6) is -0.122. The molecule has 0 radical (unpaired) electrons. The van der Waals surface area contributed by atoms with E-state index in [0.717, 1.165) is 10.7 Å². The second kappa shape index (κ2) is 5.15. The van der Waals surface area contributed by atoms with E-state index < -0.39 is 10.0 Å². The fourth-order valence-corrected chi connectivity index (χ4v) is 4.43. The summed E-state index contributed by atoms with van der Waals surface area (Å²) >= 11 is 1.45. The van der Waals surface area contributed by atoms with E-state index in [1.807, 2.05) is 9.78 Å². The van der Waals surface area contributed by atoms with Crippen LogP contribution < -0.4 is 10.0 Å². The molecule has 0 atom stereocenters. The first-order valence-electron chi connectivity index (χ1n) is 6.85. The highest BCUT2D eigenvalue weighted by atomic mass is 32.2. The Morgan fingerprint density at radius 3 is 3.13 bits per heavy atom. The molecular weight excluding hydrogens is 336 g/mol. The number of aromatic nitrogens is 2. The lowest BCUT2D eigenvalue weighted by atomic mass is 10.2. The number of hydrogen-bond donors (Lipinski definition) is 2. The van der Waals surface area contributed by atoms with E-state index in [2.05, 4.69) is 15.0 Å². The Kier molecular flexibility index (Phi) is 3.22. The average molecular weight is 348 g/mol. The predicted molar refractivity (Wildman–Crippen MR) is 85.9 cm³/mol. The second-order valence-electron chi connectivity index (χ2n) is 5.18. The van der Waals surface area contributed by atoms with E-state index in [4.69, 9.17) is 0 Å². The van der Waals surface area contributed by atoms with Crippen LogP contribution in [0.15, 0.2) is 40.9 Å². The van der Waals surface area contributed by atoms with Crippen molar-refractivity contribution in [2.24, 2.45) is 0 Å². The molecule has 0 bridgehead atoms. The fourth-order valence-electron chi connectivity index (χ4n) is 2.52. The molecule has 1 aromatic carbocycles. The second-order valence-corrected chi connectivity index (χ2v) is 7.78. The maximum absolute atomic E-state index is 12.4. The van der Waals surface area contributed by atoms with Crippen molar-refractivity contribution in [2.45, 2.75) is 17.9 Å². The molecule has 23 heavy (non-hydrogen) atoms. The molecule has 9 heteroatoms. The van der Waals surface area contributed by atoms with Gasteiger partial charge in [0.1, 0.15) is 0 Å². The number of amides is 1. The van der Waals surface area contributed by atoms with Gasteiger partial charge in [0, 0.05) is 29.2 Å². The molecule has 0 unspecified atom stereocenters. The molecule has 4 rings (SSSR count). The van der Waals surface area contributed by atoms with Crippen molar-refractivity contribution >= 4 is 37.9 Å². The number of benzene rings is 1. The van der Waals surface area contributed by atoms with Crippen molar-refractivity contribution < 1.29 is 13.2 Å². The SMILES string of the molecule is O=C1Cc2cc(S(=O)(=O)NCc3csc4nccn34)ccc2N1. The first-order valence-corrected chi connectivity index (χ1v) is 9.21. The van der Waals surface area contributed by atoms with Gasteiger partial charge in [-0.15, -0.1) is 11.3 Å². The predicted octanol–water partition coefficient (Wildman–Crippen LogP) is 1.37. The van der Waals surface area contributed by atoms with E-state index in [0.29, 0.717) is 11.3 Å². The van der Waals surface area contributed by atoms with E-state index in [9.17, 15) is 13.2 Å². The molecule has 1 amide bonds. The van der Waals surface area contributed by atoms with Crippen LogP contribution in [0.5, 0.6) is 0 Å². The van der Waals surface area contributed by atoms with Crippen molar-refractivity contribution in [3.8, 4) is 0 Å². The van der Waals surface area contributed by atoms with E-state index in [-0.39, 0.29) is 23.8 Å². The summed E-state index contributed by atoms with van der Waals surface area (Å²) in [7, 11) is -3.65. The van der Waals surface area contributed by atoms with Crippen molar-refractivity contribution in [3.05, 3.63) is 47.2 Å². The van der Waals surface area contributed by atoms with Crippen LogP contribution in [0.2, 0.25) is 0 Å². The average Bonchev–Trinajstić information content (AvgIpc) is 3.18. The number of nitrogens with zero attached hydrogens (tertiary/aromatic N) is 2. The summed E-state index contributed by atoms with van der Waals surface area (Å²) in [5, 5.41) is 4.56. The molecule has 1 aliphatic heterocycles. The monoisotopic (exact) mass is 348 g/mol. The molecule has 2 N–H and O–H groups in total. The van der Waals surface area contributed by atoms with Crippen molar-refractivity contribution in [1.29, 1.82) is 0 Å². The van der Waals surface area contributed by atoms with Crippen molar-refractivity contribution in [2.75, 3.05) is 5.32 Å². The van der Waals surface area contributed by atoms with Crippen LogP contribution in [0.25, 0.3) is 4.96 Å². The highest BCUT2D eigenvalue weighted by Crippen LogP contribution is 2.26. The van der Waals surface area contributed by atoms with Gasteiger partial charge in [-0.3, -0.25) is 9.20 Å². The summed E-state index contributed by atoms with van der Waals surface area (Å²) in [5.41, 5.74) is 2.20. The molecule has 0 fully saturated rings. The third kappa shape index (κ3) is 2.52.